The van der Waals surface area contributed by atoms with Gasteiger partial charge in [-0.15, -0.1) is 0 Å². The van der Waals surface area contributed by atoms with Gasteiger partial charge in [0.25, 0.3) is 5.91 Å². The van der Waals surface area contributed by atoms with Crippen molar-refractivity contribution in [2.75, 3.05) is 11.9 Å². The van der Waals surface area contributed by atoms with Crippen LogP contribution in [0.3, 0.4) is 0 Å². The van der Waals surface area contributed by atoms with Crippen molar-refractivity contribution in [3.05, 3.63) is 46.9 Å². The molecule has 0 aliphatic rings. The van der Waals surface area contributed by atoms with Gasteiger partial charge in [-0.05, 0) is 37.3 Å². The lowest BCUT2D eigenvalue weighted by Gasteiger charge is -2.13. The Balaban J connectivity index is 2.18. The van der Waals surface area contributed by atoms with Crippen LogP contribution in [0.1, 0.15) is 16.3 Å². The average Bonchev–Trinajstić information content (AvgIpc) is 2.83. The monoisotopic (exact) mass is 333 g/mol. The standard InChI is InChI=1S/C14H11ClF3NO3/c1-8-2-4-12(22-8)13(20)19-10-6-9(15)3-5-11(10)21-7-14(16,17)18/h2-6H,7H2,1H3,(H,19,20). The van der Waals surface area contributed by atoms with Gasteiger partial charge in [-0.3, -0.25) is 4.79 Å². The first-order valence-electron chi connectivity index (χ1n) is 6.11. The normalized spacial score (nSPS) is 11.3. The molecule has 1 heterocycles. The van der Waals surface area contributed by atoms with Crippen LogP contribution < -0.4 is 10.1 Å². The van der Waals surface area contributed by atoms with E-state index in [1.54, 1.807) is 13.0 Å². The fourth-order valence-corrected chi connectivity index (χ4v) is 1.80. The molecule has 1 aromatic heterocycles. The Morgan fingerprint density at radius 3 is 2.64 bits per heavy atom. The smallest absolute Gasteiger partial charge is 0.422 e. The summed E-state index contributed by atoms with van der Waals surface area (Å²) >= 11 is 5.79. The number of amides is 1. The average molecular weight is 334 g/mol. The van der Waals surface area contributed by atoms with Gasteiger partial charge in [0.05, 0.1) is 5.69 Å². The number of benzene rings is 1. The van der Waals surface area contributed by atoms with E-state index in [1.165, 1.54) is 24.3 Å². The Labute approximate surface area is 128 Å². The number of aryl methyl sites for hydroxylation is 1. The summed E-state index contributed by atoms with van der Waals surface area (Å²) < 4.78 is 46.5. The molecule has 0 unspecified atom stereocenters. The molecule has 0 saturated heterocycles. The molecular weight excluding hydrogens is 323 g/mol. The van der Waals surface area contributed by atoms with Gasteiger partial charge in [-0.2, -0.15) is 13.2 Å². The van der Waals surface area contributed by atoms with Gasteiger partial charge >= 0.3 is 6.18 Å². The van der Waals surface area contributed by atoms with Gasteiger partial charge in [0.1, 0.15) is 11.5 Å². The number of rotatable bonds is 4. The number of carbonyl (C=O) groups excluding carboxylic acids is 1. The van der Waals surface area contributed by atoms with Gasteiger partial charge in [-0.1, -0.05) is 11.6 Å². The van der Waals surface area contributed by atoms with Crippen LogP contribution in [-0.2, 0) is 0 Å². The minimum Gasteiger partial charge on any atom is -0.482 e. The maximum atomic E-state index is 12.2. The second-order valence-electron chi connectivity index (χ2n) is 4.41. The van der Waals surface area contributed by atoms with E-state index in [1.807, 2.05) is 0 Å². The van der Waals surface area contributed by atoms with Crippen molar-refractivity contribution in [2.45, 2.75) is 13.1 Å². The molecule has 1 amide bonds. The maximum Gasteiger partial charge on any atom is 0.422 e. The van der Waals surface area contributed by atoms with Gasteiger partial charge in [0.15, 0.2) is 12.4 Å². The number of anilines is 1. The van der Waals surface area contributed by atoms with E-state index in [9.17, 15) is 18.0 Å². The lowest BCUT2D eigenvalue weighted by atomic mass is 10.2. The molecule has 2 rings (SSSR count). The van der Waals surface area contributed by atoms with Gasteiger partial charge in [-0.25, -0.2) is 0 Å². The fraction of sp³-hybridized carbons (Fsp3) is 0.214. The molecule has 0 aliphatic heterocycles. The molecule has 0 fully saturated rings. The number of furan rings is 1. The van der Waals surface area contributed by atoms with Crippen LogP contribution in [0.4, 0.5) is 18.9 Å². The van der Waals surface area contributed by atoms with Crippen molar-refractivity contribution in [3.63, 3.8) is 0 Å². The summed E-state index contributed by atoms with van der Waals surface area (Å²) in [5.41, 5.74) is 0.0239. The predicted octanol–water partition coefficient (Wildman–Crippen LogP) is 4.43. The highest BCUT2D eigenvalue weighted by atomic mass is 35.5. The van der Waals surface area contributed by atoms with Crippen LogP contribution >= 0.6 is 11.6 Å². The molecule has 1 aromatic carbocycles. The quantitative estimate of drug-likeness (QED) is 0.900. The van der Waals surface area contributed by atoms with Crippen LogP contribution in [0.5, 0.6) is 5.75 Å². The largest absolute Gasteiger partial charge is 0.482 e. The van der Waals surface area contributed by atoms with Gasteiger partial charge < -0.3 is 14.5 Å². The summed E-state index contributed by atoms with van der Waals surface area (Å²) in [6, 6.07) is 6.94. The van der Waals surface area contributed by atoms with Crippen molar-refractivity contribution in [1.29, 1.82) is 0 Å². The summed E-state index contributed by atoms with van der Waals surface area (Å²) in [4.78, 5) is 12.0. The zero-order chi connectivity index (χ0) is 16.3. The number of halogens is 4. The third-order valence-corrected chi connectivity index (χ3v) is 2.78. The number of carbonyl (C=O) groups is 1. The Morgan fingerprint density at radius 1 is 1.32 bits per heavy atom. The molecule has 0 saturated carbocycles. The molecular formula is C14H11ClF3NO3. The highest BCUT2D eigenvalue weighted by Crippen LogP contribution is 2.30. The number of nitrogens with one attached hydrogen (secondary N) is 1. The van der Waals surface area contributed by atoms with Crippen molar-refractivity contribution >= 4 is 23.2 Å². The molecule has 0 atom stereocenters. The lowest BCUT2D eigenvalue weighted by Crippen LogP contribution is -2.20. The van der Waals surface area contributed by atoms with Crippen molar-refractivity contribution in [2.24, 2.45) is 0 Å². The van der Waals surface area contributed by atoms with E-state index in [2.05, 4.69) is 10.1 Å². The zero-order valence-electron chi connectivity index (χ0n) is 11.3. The minimum atomic E-state index is -4.49. The molecule has 22 heavy (non-hydrogen) atoms. The third-order valence-electron chi connectivity index (χ3n) is 2.55. The summed E-state index contributed by atoms with van der Waals surface area (Å²) in [5, 5.41) is 2.65. The number of hydrogen-bond acceptors (Lipinski definition) is 3. The van der Waals surface area contributed by atoms with Crippen LogP contribution in [0.2, 0.25) is 5.02 Å². The first kappa shape index (κ1) is 16.2. The molecule has 0 radical (unpaired) electrons. The first-order valence-corrected chi connectivity index (χ1v) is 6.49. The molecule has 1 N–H and O–H groups in total. The van der Waals surface area contributed by atoms with Gasteiger partial charge in [0.2, 0.25) is 0 Å². The van der Waals surface area contributed by atoms with Crippen LogP contribution in [0, 0.1) is 6.92 Å². The van der Waals surface area contributed by atoms with Gasteiger partial charge in [0, 0.05) is 5.02 Å². The molecule has 4 nitrogen and oxygen atoms in total. The molecule has 2 aromatic rings. The van der Waals surface area contributed by atoms with Crippen LogP contribution in [-0.4, -0.2) is 18.7 Å². The summed E-state index contributed by atoms with van der Waals surface area (Å²) in [5.74, 6) is -0.199. The highest BCUT2D eigenvalue weighted by molar-refractivity contribution is 6.31. The molecule has 0 aliphatic carbocycles. The Hall–Kier alpha value is -2.15. The lowest BCUT2D eigenvalue weighted by molar-refractivity contribution is -0.153. The summed E-state index contributed by atoms with van der Waals surface area (Å²) in [6.07, 6.45) is -4.49. The van der Waals surface area contributed by atoms with E-state index in [0.29, 0.717) is 5.76 Å². The van der Waals surface area contributed by atoms with E-state index >= 15 is 0 Å². The van der Waals surface area contributed by atoms with Crippen molar-refractivity contribution in [1.82, 2.24) is 0 Å². The Kier molecular flexibility index (Phi) is 4.65. The number of ether oxygens (including phenoxy) is 1. The SMILES string of the molecule is Cc1ccc(C(=O)Nc2cc(Cl)ccc2OCC(F)(F)F)o1. The zero-order valence-corrected chi connectivity index (χ0v) is 12.1. The molecule has 0 bridgehead atoms. The molecule has 8 heteroatoms. The fourth-order valence-electron chi connectivity index (χ4n) is 1.63. The Bertz CT molecular complexity index is 682. The van der Waals surface area contributed by atoms with E-state index in [4.69, 9.17) is 16.0 Å². The summed E-state index contributed by atoms with van der Waals surface area (Å²) in [6.45, 7) is 0.186. The van der Waals surface area contributed by atoms with Crippen molar-refractivity contribution < 1.29 is 27.1 Å². The predicted molar refractivity (Wildman–Crippen MR) is 74.4 cm³/mol. The second-order valence-corrected chi connectivity index (χ2v) is 4.85. The topological polar surface area (TPSA) is 51.5 Å². The molecule has 118 valence electrons. The van der Waals surface area contributed by atoms with Crippen LogP contribution in [0.15, 0.2) is 34.7 Å². The van der Waals surface area contributed by atoms with Crippen molar-refractivity contribution in [3.8, 4) is 5.75 Å². The number of hydrogen-bond donors (Lipinski definition) is 1. The van der Waals surface area contributed by atoms with E-state index in [-0.39, 0.29) is 22.2 Å². The number of alkyl halides is 3. The third kappa shape index (κ3) is 4.42. The highest BCUT2D eigenvalue weighted by Gasteiger charge is 2.29. The minimum absolute atomic E-state index is 0.0239. The molecule has 0 spiro atoms. The Morgan fingerprint density at radius 2 is 2.05 bits per heavy atom. The second kappa shape index (κ2) is 6.31. The first-order chi connectivity index (χ1) is 10.2. The maximum absolute atomic E-state index is 12.2. The summed E-state index contributed by atoms with van der Waals surface area (Å²) in [7, 11) is 0. The van der Waals surface area contributed by atoms with E-state index < -0.39 is 18.7 Å². The van der Waals surface area contributed by atoms with Crippen LogP contribution in [0.25, 0.3) is 0 Å². The van der Waals surface area contributed by atoms with E-state index in [0.717, 1.165) is 0 Å².